The quantitative estimate of drug-likeness (QED) is 0.581. The molecule has 0 bridgehead atoms. The van der Waals surface area contributed by atoms with Crippen LogP contribution in [0.2, 0.25) is 0 Å². The molecule has 1 heterocycles. The van der Waals surface area contributed by atoms with E-state index in [1.54, 1.807) is 6.08 Å². The van der Waals surface area contributed by atoms with Gasteiger partial charge in [0.25, 0.3) is 0 Å². The van der Waals surface area contributed by atoms with Crippen molar-refractivity contribution in [1.29, 1.82) is 0 Å². The fourth-order valence-electron chi connectivity index (χ4n) is 0.576. The van der Waals surface area contributed by atoms with E-state index in [4.69, 9.17) is 5.11 Å². The second-order valence-electron chi connectivity index (χ2n) is 1.83. The zero-order valence-corrected chi connectivity index (χ0v) is 7.59. The van der Waals surface area contributed by atoms with Crippen molar-refractivity contribution < 1.29 is 5.11 Å². The molecule has 0 aromatic heterocycles. The first-order chi connectivity index (χ1) is 4.89. The molecule has 1 unspecified atom stereocenters. The van der Waals surface area contributed by atoms with Crippen LogP contribution in [0.4, 0.5) is 0 Å². The van der Waals surface area contributed by atoms with Crippen molar-refractivity contribution in [3.8, 4) is 0 Å². The Morgan fingerprint density at radius 1 is 1.00 bits per heavy atom. The van der Waals surface area contributed by atoms with Crippen LogP contribution in [0.5, 0.6) is 0 Å². The number of hydrogen-bond acceptors (Lipinski definition) is 1. The molecule has 1 nitrogen and oxygen atoms in total. The van der Waals surface area contributed by atoms with E-state index in [0.717, 1.165) is 0 Å². The molecule has 0 saturated carbocycles. The molecular weight excluding hydrogens is 187 g/mol. The van der Waals surface area contributed by atoms with Crippen LogP contribution in [-0.2, 0) is 0 Å². The van der Waals surface area contributed by atoms with Gasteiger partial charge in [-0.05, 0) is 0 Å². The number of allylic oxidation sites excluding steroid dienone is 6. The van der Waals surface area contributed by atoms with Gasteiger partial charge < -0.3 is 0 Å². The molecule has 0 spiro atoms. The van der Waals surface area contributed by atoms with Crippen molar-refractivity contribution in [3.63, 3.8) is 0 Å². The molecule has 10 heavy (non-hydrogen) atoms. The Morgan fingerprint density at radius 3 is 2.60 bits per heavy atom. The van der Waals surface area contributed by atoms with Gasteiger partial charge in [-0.2, -0.15) is 0 Å². The SMILES string of the molecule is O/C1=C/C=C\C=C/C=C\[AsH]1. The van der Waals surface area contributed by atoms with Gasteiger partial charge in [0, 0.05) is 0 Å². The van der Waals surface area contributed by atoms with Gasteiger partial charge in [0.1, 0.15) is 0 Å². The molecule has 0 aromatic carbocycles. The van der Waals surface area contributed by atoms with Crippen molar-refractivity contribution in [2.45, 2.75) is 0 Å². The second-order valence-corrected chi connectivity index (χ2v) is 4.20. The third-order valence-electron chi connectivity index (χ3n) is 1.03. The summed E-state index contributed by atoms with van der Waals surface area (Å²) in [6.45, 7) is 0. The van der Waals surface area contributed by atoms with Crippen molar-refractivity contribution in [2.24, 2.45) is 0 Å². The summed E-state index contributed by atoms with van der Waals surface area (Å²) in [5.74, 6) is 0. The minimum atomic E-state index is -0.399. The Balaban J connectivity index is 2.70. The van der Waals surface area contributed by atoms with Crippen LogP contribution in [0.1, 0.15) is 0 Å². The third kappa shape index (κ3) is 2.74. The molecule has 0 radical (unpaired) electrons. The predicted octanol–water partition coefficient (Wildman–Crippen LogP) is 1.46. The molecule has 0 amide bonds. The summed E-state index contributed by atoms with van der Waals surface area (Å²) in [5, 5.41) is 9.13. The van der Waals surface area contributed by atoms with Gasteiger partial charge in [-0.25, -0.2) is 0 Å². The molecule has 52 valence electrons. The molecule has 0 aliphatic carbocycles. The normalized spacial score (nSPS) is 34.6. The first kappa shape index (κ1) is 7.43. The van der Waals surface area contributed by atoms with E-state index in [9.17, 15) is 0 Å². The van der Waals surface area contributed by atoms with E-state index >= 15 is 0 Å². The van der Waals surface area contributed by atoms with Crippen LogP contribution in [0.3, 0.4) is 0 Å². The summed E-state index contributed by atoms with van der Waals surface area (Å²) < 4.78 is 0.524. The van der Waals surface area contributed by atoms with E-state index in [1.165, 1.54) is 0 Å². The van der Waals surface area contributed by atoms with E-state index in [-0.39, 0.29) is 0 Å². The molecule has 2 heteroatoms. The summed E-state index contributed by atoms with van der Waals surface area (Å²) >= 11 is -0.399. The molecule has 1 N–H and O–H groups in total. The summed E-state index contributed by atoms with van der Waals surface area (Å²) in [5.41, 5.74) is 0. The van der Waals surface area contributed by atoms with Crippen LogP contribution in [0.15, 0.2) is 45.9 Å². The standard InChI is InChI=1S/C8H9AsO/c10-8-6-4-2-1-3-5-7-9-8/h1-7,9-10H/b3-1-,4-2-,7-5-,8-6+. The van der Waals surface area contributed by atoms with Crippen molar-refractivity contribution in [1.82, 2.24) is 0 Å². The molecular formula is C8H9AsO. The molecule has 1 atom stereocenters. The Hall–Kier alpha value is -0.682. The van der Waals surface area contributed by atoms with Gasteiger partial charge >= 0.3 is 66.7 Å². The second kappa shape index (κ2) is 4.18. The van der Waals surface area contributed by atoms with E-state index in [1.807, 2.05) is 35.2 Å². The van der Waals surface area contributed by atoms with E-state index in [0.29, 0.717) is 4.55 Å². The maximum atomic E-state index is 9.13. The number of aliphatic hydroxyl groups is 1. The van der Waals surface area contributed by atoms with Crippen LogP contribution in [-0.4, -0.2) is 20.9 Å². The Bertz CT molecular complexity index is 211. The molecule has 1 aliphatic heterocycles. The molecule has 0 fully saturated rings. The van der Waals surface area contributed by atoms with Crippen molar-refractivity contribution >= 4 is 15.8 Å². The monoisotopic (exact) mass is 196 g/mol. The van der Waals surface area contributed by atoms with Gasteiger partial charge in [0.05, 0.1) is 0 Å². The first-order valence-corrected chi connectivity index (χ1v) is 5.31. The van der Waals surface area contributed by atoms with Gasteiger partial charge in [0.15, 0.2) is 0 Å². The van der Waals surface area contributed by atoms with Crippen LogP contribution >= 0.6 is 0 Å². The molecule has 1 rings (SSSR count). The fourth-order valence-corrected chi connectivity index (χ4v) is 1.77. The number of aliphatic hydroxyl groups excluding tert-OH is 1. The van der Waals surface area contributed by atoms with Crippen LogP contribution < -0.4 is 0 Å². The van der Waals surface area contributed by atoms with Gasteiger partial charge in [0.2, 0.25) is 0 Å². The summed E-state index contributed by atoms with van der Waals surface area (Å²) in [4.78, 5) is 2.04. The van der Waals surface area contributed by atoms with Crippen LogP contribution in [0.25, 0.3) is 0 Å². The average molecular weight is 196 g/mol. The Kier molecular flexibility index (Phi) is 3.11. The van der Waals surface area contributed by atoms with E-state index < -0.39 is 15.8 Å². The van der Waals surface area contributed by atoms with Gasteiger partial charge in [-0.3, -0.25) is 0 Å². The van der Waals surface area contributed by atoms with Gasteiger partial charge in [-0.15, -0.1) is 0 Å². The zero-order chi connectivity index (χ0) is 7.23. The van der Waals surface area contributed by atoms with Crippen LogP contribution in [0, 0.1) is 0 Å². The molecule has 1 aliphatic rings. The zero-order valence-electron chi connectivity index (χ0n) is 5.49. The molecule has 0 aromatic rings. The summed E-state index contributed by atoms with van der Waals surface area (Å²) in [7, 11) is 0. The summed E-state index contributed by atoms with van der Waals surface area (Å²) in [6, 6.07) is 0. The Morgan fingerprint density at radius 2 is 1.70 bits per heavy atom. The fraction of sp³-hybridized carbons (Fsp3) is 0. The van der Waals surface area contributed by atoms with Gasteiger partial charge in [-0.1, -0.05) is 0 Å². The average Bonchev–Trinajstić information content (AvgIpc) is 2.02. The van der Waals surface area contributed by atoms with E-state index in [2.05, 4.69) is 0 Å². The first-order valence-electron chi connectivity index (χ1n) is 3.05. The Labute approximate surface area is 67.1 Å². The summed E-state index contributed by atoms with van der Waals surface area (Å²) in [6.07, 6.45) is 11.4. The minimum absolute atomic E-state index is 0.399. The topological polar surface area (TPSA) is 20.2 Å². The predicted molar refractivity (Wildman–Crippen MR) is 45.3 cm³/mol. The molecule has 0 saturated heterocycles. The number of hydrogen-bond donors (Lipinski definition) is 1. The maximum absolute atomic E-state index is 9.13. The van der Waals surface area contributed by atoms with Crippen molar-refractivity contribution in [2.75, 3.05) is 0 Å². The van der Waals surface area contributed by atoms with Crippen molar-refractivity contribution in [3.05, 3.63) is 45.9 Å². The third-order valence-corrected chi connectivity index (χ3v) is 2.75. The number of rotatable bonds is 0.